The zero-order valence-electron chi connectivity index (χ0n) is 7.26. The highest BCUT2D eigenvalue weighted by Gasteiger charge is 2.06. The first-order valence-electron chi connectivity index (χ1n) is 4.20. The van der Waals surface area contributed by atoms with Crippen LogP contribution in [0.3, 0.4) is 0 Å². The number of hydrogen-bond acceptors (Lipinski definition) is 1. The smallest absolute Gasteiger partial charge is 0.0375 e. The second-order valence-electron chi connectivity index (χ2n) is 3.19. The molecule has 1 aliphatic heterocycles. The summed E-state index contributed by atoms with van der Waals surface area (Å²) in [6, 6.07) is 6.65. The highest BCUT2D eigenvalue weighted by Crippen LogP contribution is 2.22. The summed E-state index contributed by atoms with van der Waals surface area (Å²) in [5.74, 6) is 0. The van der Waals surface area contributed by atoms with Crippen LogP contribution in [0, 0.1) is 6.92 Å². The van der Waals surface area contributed by atoms with E-state index in [1.165, 1.54) is 29.7 Å². The molecular weight excluding hydrogens is 214 g/mol. The van der Waals surface area contributed by atoms with E-state index >= 15 is 0 Å². The van der Waals surface area contributed by atoms with E-state index in [0.29, 0.717) is 0 Å². The van der Waals surface area contributed by atoms with Crippen LogP contribution in [0.2, 0.25) is 0 Å². The van der Waals surface area contributed by atoms with Crippen molar-refractivity contribution in [2.45, 2.75) is 19.8 Å². The molecule has 0 saturated heterocycles. The largest absolute Gasteiger partial charge is 0.385 e. The van der Waals surface area contributed by atoms with Crippen LogP contribution in [-0.2, 0) is 6.42 Å². The summed E-state index contributed by atoms with van der Waals surface area (Å²) < 4.78 is 0. The molecule has 1 aromatic carbocycles. The molecule has 1 aromatic rings. The Bertz CT molecular complexity index is 271. The van der Waals surface area contributed by atoms with E-state index in [0.717, 1.165) is 6.54 Å². The Morgan fingerprint density at radius 3 is 3.00 bits per heavy atom. The molecule has 0 unspecified atom stereocenters. The molecule has 1 aliphatic rings. The van der Waals surface area contributed by atoms with Gasteiger partial charge in [-0.25, -0.2) is 0 Å². The summed E-state index contributed by atoms with van der Waals surface area (Å²) in [6.45, 7) is 3.27. The van der Waals surface area contributed by atoms with Gasteiger partial charge in [0.05, 0.1) is 0 Å². The first kappa shape index (κ1) is 9.59. The molecule has 0 aromatic heterocycles. The van der Waals surface area contributed by atoms with Gasteiger partial charge in [0.2, 0.25) is 0 Å². The maximum Gasteiger partial charge on any atom is 0.0375 e. The van der Waals surface area contributed by atoms with E-state index in [4.69, 9.17) is 0 Å². The molecule has 12 heavy (non-hydrogen) atoms. The molecule has 0 bridgehead atoms. The van der Waals surface area contributed by atoms with Crippen molar-refractivity contribution < 1.29 is 0 Å². The molecule has 1 heterocycles. The van der Waals surface area contributed by atoms with Crippen molar-refractivity contribution >= 4 is 22.7 Å². The zero-order chi connectivity index (χ0) is 7.68. The first-order valence-corrected chi connectivity index (χ1v) is 4.20. The molecule has 66 valence electrons. The predicted molar refractivity (Wildman–Crippen MR) is 58.3 cm³/mol. The fourth-order valence-electron chi connectivity index (χ4n) is 1.57. The maximum absolute atomic E-state index is 3.40. The summed E-state index contributed by atoms with van der Waals surface area (Å²) >= 11 is 0. The molecule has 0 saturated carbocycles. The van der Waals surface area contributed by atoms with Crippen LogP contribution in [-0.4, -0.2) is 6.54 Å². The first-order chi connectivity index (χ1) is 5.36. The van der Waals surface area contributed by atoms with Crippen molar-refractivity contribution in [1.29, 1.82) is 0 Å². The highest BCUT2D eigenvalue weighted by molar-refractivity contribution is 8.93. The molecule has 0 spiro atoms. The summed E-state index contributed by atoms with van der Waals surface area (Å²) in [5.41, 5.74) is 4.16. The lowest BCUT2D eigenvalue weighted by atomic mass is 10.0. The van der Waals surface area contributed by atoms with E-state index in [-0.39, 0.29) is 17.0 Å². The van der Waals surface area contributed by atoms with Crippen LogP contribution in [0.25, 0.3) is 0 Å². The summed E-state index contributed by atoms with van der Waals surface area (Å²) in [7, 11) is 0. The van der Waals surface area contributed by atoms with Gasteiger partial charge in [0.1, 0.15) is 0 Å². The monoisotopic (exact) mass is 227 g/mol. The van der Waals surface area contributed by atoms with Gasteiger partial charge in [-0.15, -0.1) is 17.0 Å². The van der Waals surface area contributed by atoms with Crippen LogP contribution in [0.15, 0.2) is 18.2 Å². The average molecular weight is 228 g/mol. The minimum atomic E-state index is 0. The van der Waals surface area contributed by atoms with Gasteiger partial charge in [-0.05, 0) is 37.0 Å². The quantitative estimate of drug-likeness (QED) is 0.719. The Kier molecular flexibility index (Phi) is 3.15. The molecule has 2 rings (SSSR count). The van der Waals surface area contributed by atoms with E-state index in [9.17, 15) is 0 Å². The molecule has 0 radical (unpaired) electrons. The maximum atomic E-state index is 3.40. The molecule has 0 fully saturated rings. The van der Waals surface area contributed by atoms with Gasteiger partial charge in [0, 0.05) is 12.2 Å². The van der Waals surface area contributed by atoms with Crippen molar-refractivity contribution in [3.05, 3.63) is 29.3 Å². The van der Waals surface area contributed by atoms with E-state index in [2.05, 4.69) is 30.4 Å². The topological polar surface area (TPSA) is 12.0 Å². The van der Waals surface area contributed by atoms with Gasteiger partial charge in [-0.1, -0.05) is 12.1 Å². The van der Waals surface area contributed by atoms with Crippen molar-refractivity contribution in [3.8, 4) is 0 Å². The van der Waals surface area contributed by atoms with E-state index in [1.54, 1.807) is 0 Å². The molecule has 0 aliphatic carbocycles. The van der Waals surface area contributed by atoms with Crippen LogP contribution in [0.1, 0.15) is 17.5 Å². The third-order valence-corrected chi connectivity index (χ3v) is 2.20. The van der Waals surface area contributed by atoms with E-state index in [1.807, 2.05) is 0 Å². The lowest BCUT2D eigenvalue weighted by Crippen LogP contribution is -2.11. The standard InChI is InChI=1S/C10H13N.BrH/c1-8-4-5-9-3-2-6-11-10(9)7-8;/h4-5,7,11H,2-3,6H2,1H3;1H. The molecule has 0 atom stereocenters. The van der Waals surface area contributed by atoms with Gasteiger partial charge in [0.25, 0.3) is 0 Å². The minimum absolute atomic E-state index is 0. The Hall–Kier alpha value is -0.500. The van der Waals surface area contributed by atoms with Crippen LogP contribution >= 0.6 is 17.0 Å². The second-order valence-corrected chi connectivity index (χ2v) is 3.19. The Labute approximate surface area is 83.9 Å². The number of fused-ring (bicyclic) bond motifs is 1. The number of halogens is 1. The zero-order valence-corrected chi connectivity index (χ0v) is 8.97. The van der Waals surface area contributed by atoms with Gasteiger partial charge in [-0.3, -0.25) is 0 Å². The number of benzene rings is 1. The molecule has 1 nitrogen and oxygen atoms in total. The fourth-order valence-corrected chi connectivity index (χ4v) is 1.57. The lowest BCUT2D eigenvalue weighted by Gasteiger charge is -2.17. The SMILES string of the molecule is Br.Cc1ccc2c(c1)NCCC2. The third kappa shape index (κ3) is 1.81. The Morgan fingerprint density at radius 1 is 1.33 bits per heavy atom. The van der Waals surface area contributed by atoms with E-state index < -0.39 is 0 Å². The lowest BCUT2D eigenvalue weighted by molar-refractivity contribution is 0.829. The van der Waals surface area contributed by atoms with Gasteiger partial charge in [0.15, 0.2) is 0 Å². The van der Waals surface area contributed by atoms with Crippen LogP contribution < -0.4 is 5.32 Å². The van der Waals surface area contributed by atoms with Crippen LogP contribution in [0.5, 0.6) is 0 Å². The summed E-state index contributed by atoms with van der Waals surface area (Å²) in [6.07, 6.45) is 2.51. The van der Waals surface area contributed by atoms with Crippen molar-refractivity contribution in [3.63, 3.8) is 0 Å². The fraction of sp³-hybridized carbons (Fsp3) is 0.400. The molecule has 0 amide bonds. The summed E-state index contributed by atoms with van der Waals surface area (Å²) in [4.78, 5) is 0. The molecule has 1 N–H and O–H groups in total. The van der Waals surface area contributed by atoms with Crippen molar-refractivity contribution in [2.24, 2.45) is 0 Å². The molecule has 2 heteroatoms. The normalized spacial score (nSPS) is 14.1. The van der Waals surface area contributed by atoms with Gasteiger partial charge < -0.3 is 5.32 Å². The number of aryl methyl sites for hydroxylation is 2. The minimum Gasteiger partial charge on any atom is -0.385 e. The number of rotatable bonds is 0. The second kappa shape index (κ2) is 3.94. The highest BCUT2D eigenvalue weighted by atomic mass is 79.9. The number of anilines is 1. The third-order valence-electron chi connectivity index (χ3n) is 2.20. The predicted octanol–water partition coefficient (Wildman–Crippen LogP) is 2.93. The summed E-state index contributed by atoms with van der Waals surface area (Å²) in [5, 5.41) is 3.40. The molecular formula is C10H14BrN. The van der Waals surface area contributed by atoms with Gasteiger partial charge >= 0.3 is 0 Å². The van der Waals surface area contributed by atoms with Crippen molar-refractivity contribution in [2.75, 3.05) is 11.9 Å². The Morgan fingerprint density at radius 2 is 2.17 bits per heavy atom. The van der Waals surface area contributed by atoms with Crippen molar-refractivity contribution in [1.82, 2.24) is 0 Å². The Balaban J connectivity index is 0.000000720. The van der Waals surface area contributed by atoms with Crippen LogP contribution in [0.4, 0.5) is 5.69 Å². The number of nitrogens with one attached hydrogen (secondary N) is 1. The van der Waals surface area contributed by atoms with Gasteiger partial charge in [-0.2, -0.15) is 0 Å². The average Bonchev–Trinajstić information content (AvgIpc) is 2.04. The number of hydrogen-bond donors (Lipinski definition) is 1.